The molecule has 2 N–H and O–H groups in total. The normalized spacial score (nSPS) is 11.3. The molecule has 0 fully saturated rings. The minimum absolute atomic E-state index is 0.111. The van der Waals surface area contributed by atoms with Crippen LogP contribution in [-0.2, 0) is 11.3 Å². The van der Waals surface area contributed by atoms with Gasteiger partial charge in [0.2, 0.25) is 5.91 Å². The molecule has 3 nitrogen and oxygen atoms in total. The highest BCUT2D eigenvalue weighted by Crippen LogP contribution is 2.21. The minimum Gasteiger partial charge on any atom is -0.399 e. The van der Waals surface area contributed by atoms with Crippen LogP contribution in [0.4, 0.5) is 18.9 Å². The minimum atomic E-state index is -4.47. The molecule has 1 amide bonds. The van der Waals surface area contributed by atoms with Crippen LogP contribution in [0.2, 0.25) is 0 Å². The van der Waals surface area contributed by atoms with Crippen LogP contribution in [0, 0.1) is 0 Å². The van der Waals surface area contributed by atoms with Gasteiger partial charge in [0.1, 0.15) is 6.42 Å². The number of hydrogen-bond donors (Lipinski definition) is 1. The quantitative estimate of drug-likeness (QED) is 0.831. The summed E-state index contributed by atoms with van der Waals surface area (Å²) >= 11 is 0. The van der Waals surface area contributed by atoms with Gasteiger partial charge in [-0.25, -0.2) is 0 Å². The number of anilines is 1. The Morgan fingerprint density at radius 3 is 2.59 bits per heavy atom. The summed E-state index contributed by atoms with van der Waals surface area (Å²) in [5.74, 6) is -0.958. The average Bonchev–Trinajstić information content (AvgIpc) is 2.14. The largest absolute Gasteiger partial charge is 0.399 e. The van der Waals surface area contributed by atoms with Crippen molar-refractivity contribution in [1.82, 2.24) is 4.90 Å². The van der Waals surface area contributed by atoms with E-state index in [9.17, 15) is 18.0 Å². The molecule has 1 aromatic rings. The number of amides is 1. The molecule has 0 aliphatic rings. The molecule has 94 valence electrons. The molecule has 0 saturated carbocycles. The summed E-state index contributed by atoms with van der Waals surface area (Å²) in [4.78, 5) is 12.3. The van der Waals surface area contributed by atoms with Gasteiger partial charge in [-0.3, -0.25) is 4.79 Å². The number of alkyl halides is 3. The number of nitrogen functional groups attached to an aromatic ring is 1. The molecule has 0 spiro atoms. The lowest BCUT2D eigenvalue weighted by molar-refractivity contribution is -0.160. The molecule has 0 aliphatic heterocycles. The molecule has 0 heterocycles. The molecular formula is C11H13F3N2O. The van der Waals surface area contributed by atoms with Crippen molar-refractivity contribution in [3.8, 4) is 0 Å². The van der Waals surface area contributed by atoms with Crippen molar-refractivity contribution in [1.29, 1.82) is 0 Å². The number of carbonyl (C=O) groups is 1. The second-order valence-electron chi connectivity index (χ2n) is 3.79. The van der Waals surface area contributed by atoms with Gasteiger partial charge in [0.15, 0.2) is 0 Å². The zero-order chi connectivity index (χ0) is 13.1. The number of halogens is 3. The lowest BCUT2D eigenvalue weighted by Crippen LogP contribution is -2.30. The lowest BCUT2D eigenvalue weighted by atomic mass is 10.2. The van der Waals surface area contributed by atoms with Gasteiger partial charge in [0.05, 0.1) is 0 Å². The van der Waals surface area contributed by atoms with Crippen LogP contribution in [0.3, 0.4) is 0 Å². The van der Waals surface area contributed by atoms with E-state index < -0.39 is 18.5 Å². The molecule has 6 heteroatoms. The van der Waals surface area contributed by atoms with E-state index in [-0.39, 0.29) is 6.54 Å². The van der Waals surface area contributed by atoms with E-state index in [4.69, 9.17) is 5.73 Å². The van der Waals surface area contributed by atoms with Crippen LogP contribution in [0.25, 0.3) is 0 Å². The standard InChI is InChI=1S/C11H13F3N2O/c1-16(10(17)6-11(12,13)14)7-8-3-2-4-9(15)5-8/h2-5H,6-7,15H2,1H3. The summed E-state index contributed by atoms with van der Waals surface area (Å²) in [7, 11) is 1.33. The third kappa shape index (κ3) is 4.76. The fourth-order valence-electron chi connectivity index (χ4n) is 1.36. The second-order valence-corrected chi connectivity index (χ2v) is 3.79. The maximum atomic E-state index is 12.0. The summed E-state index contributed by atoms with van der Waals surface area (Å²) in [5.41, 5.74) is 6.74. The van der Waals surface area contributed by atoms with Gasteiger partial charge in [-0.1, -0.05) is 12.1 Å². The van der Waals surface area contributed by atoms with Crippen molar-refractivity contribution in [2.24, 2.45) is 0 Å². The zero-order valence-electron chi connectivity index (χ0n) is 9.29. The van der Waals surface area contributed by atoms with Crippen LogP contribution >= 0.6 is 0 Å². The monoisotopic (exact) mass is 246 g/mol. The van der Waals surface area contributed by atoms with Crippen molar-refractivity contribution in [2.75, 3.05) is 12.8 Å². The van der Waals surface area contributed by atoms with Crippen molar-refractivity contribution >= 4 is 11.6 Å². The fourth-order valence-corrected chi connectivity index (χ4v) is 1.36. The van der Waals surface area contributed by atoms with Gasteiger partial charge in [-0.2, -0.15) is 13.2 Å². The Morgan fingerprint density at radius 2 is 2.06 bits per heavy atom. The van der Waals surface area contributed by atoms with E-state index in [1.807, 2.05) is 0 Å². The predicted molar refractivity (Wildman–Crippen MR) is 58.0 cm³/mol. The highest BCUT2D eigenvalue weighted by atomic mass is 19.4. The van der Waals surface area contributed by atoms with Gasteiger partial charge in [-0.05, 0) is 17.7 Å². The Morgan fingerprint density at radius 1 is 1.41 bits per heavy atom. The molecule has 0 saturated heterocycles. The first-order valence-electron chi connectivity index (χ1n) is 4.93. The summed E-state index contributed by atoms with van der Waals surface area (Å²) < 4.78 is 36.0. The van der Waals surface area contributed by atoms with Crippen LogP contribution in [0.15, 0.2) is 24.3 Å². The molecule has 1 aromatic carbocycles. The summed E-state index contributed by atoms with van der Waals surface area (Å²) in [6, 6.07) is 6.68. The summed E-state index contributed by atoms with van der Waals surface area (Å²) in [6.45, 7) is 0.111. The molecule has 17 heavy (non-hydrogen) atoms. The first kappa shape index (κ1) is 13.3. The zero-order valence-corrected chi connectivity index (χ0v) is 9.29. The molecule has 0 aromatic heterocycles. The SMILES string of the molecule is CN(Cc1cccc(N)c1)C(=O)CC(F)(F)F. The first-order chi connectivity index (χ1) is 7.78. The number of nitrogens with two attached hydrogens (primary N) is 1. The van der Waals surface area contributed by atoms with Crippen LogP contribution in [-0.4, -0.2) is 24.0 Å². The number of carbonyl (C=O) groups excluding carboxylic acids is 1. The van der Waals surface area contributed by atoms with E-state index in [1.165, 1.54) is 7.05 Å². The highest BCUT2D eigenvalue weighted by Gasteiger charge is 2.32. The third-order valence-electron chi connectivity index (χ3n) is 2.15. The van der Waals surface area contributed by atoms with Crippen molar-refractivity contribution in [3.05, 3.63) is 29.8 Å². The lowest BCUT2D eigenvalue weighted by Gasteiger charge is -2.18. The van der Waals surface area contributed by atoms with Crippen LogP contribution in [0.5, 0.6) is 0 Å². The molecule has 0 aliphatic carbocycles. The van der Waals surface area contributed by atoms with Crippen molar-refractivity contribution in [2.45, 2.75) is 19.1 Å². The van der Waals surface area contributed by atoms with E-state index in [1.54, 1.807) is 24.3 Å². The number of benzene rings is 1. The van der Waals surface area contributed by atoms with Crippen molar-refractivity contribution in [3.63, 3.8) is 0 Å². The number of hydrogen-bond acceptors (Lipinski definition) is 2. The van der Waals surface area contributed by atoms with Crippen LogP contribution < -0.4 is 5.73 Å². The summed E-state index contributed by atoms with van der Waals surface area (Å²) in [6.07, 6.45) is -5.91. The molecule has 0 radical (unpaired) electrons. The molecule has 0 bridgehead atoms. The van der Waals surface area contributed by atoms with Crippen molar-refractivity contribution < 1.29 is 18.0 Å². The second kappa shape index (κ2) is 5.07. The Bertz CT molecular complexity index is 404. The molecule has 0 atom stereocenters. The van der Waals surface area contributed by atoms with Gasteiger partial charge in [-0.15, -0.1) is 0 Å². The molecule has 0 unspecified atom stereocenters. The van der Waals surface area contributed by atoms with E-state index in [2.05, 4.69) is 0 Å². The van der Waals surface area contributed by atoms with E-state index in [0.29, 0.717) is 11.3 Å². The Kier molecular flexibility index (Phi) is 3.98. The smallest absolute Gasteiger partial charge is 0.397 e. The highest BCUT2D eigenvalue weighted by molar-refractivity contribution is 5.76. The first-order valence-corrected chi connectivity index (χ1v) is 4.93. The fraction of sp³-hybridized carbons (Fsp3) is 0.364. The molecular weight excluding hydrogens is 233 g/mol. The predicted octanol–water partition coefficient (Wildman–Crippen LogP) is 2.18. The van der Waals surface area contributed by atoms with Gasteiger partial charge < -0.3 is 10.6 Å². The maximum absolute atomic E-state index is 12.0. The average molecular weight is 246 g/mol. The van der Waals surface area contributed by atoms with Gasteiger partial charge in [0.25, 0.3) is 0 Å². The van der Waals surface area contributed by atoms with E-state index >= 15 is 0 Å². The number of rotatable bonds is 3. The van der Waals surface area contributed by atoms with E-state index in [0.717, 1.165) is 4.90 Å². The maximum Gasteiger partial charge on any atom is 0.397 e. The Labute approximate surface area is 97.0 Å². The summed E-state index contributed by atoms with van der Waals surface area (Å²) in [5, 5.41) is 0. The third-order valence-corrected chi connectivity index (χ3v) is 2.15. The molecule has 1 rings (SSSR count). The van der Waals surface area contributed by atoms with Gasteiger partial charge in [0, 0.05) is 19.3 Å². The number of nitrogens with zero attached hydrogens (tertiary/aromatic N) is 1. The topological polar surface area (TPSA) is 46.3 Å². The van der Waals surface area contributed by atoms with Crippen LogP contribution in [0.1, 0.15) is 12.0 Å². The Hall–Kier alpha value is -1.72. The van der Waals surface area contributed by atoms with Gasteiger partial charge >= 0.3 is 6.18 Å². The Balaban J connectivity index is 2.60.